The van der Waals surface area contributed by atoms with E-state index >= 15 is 0 Å². The highest BCUT2D eigenvalue weighted by Gasteiger charge is 2.18. The average Bonchev–Trinajstić information content (AvgIpc) is 2.65. The molecular weight excluding hydrogens is 277 g/mol. The number of anilines is 1. The van der Waals surface area contributed by atoms with Gasteiger partial charge >= 0.3 is 0 Å². The Morgan fingerprint density at radius 3 is 2.85 bits per heavy atom. The first kappa shape index (κ1) is 14.7. The number of halogens is 1. The van der Waals surface area contributed by atoms with Crippen LogP contribution in [0, 0.1) is 5.82 Å². The van der Waals surface area contributed by atoms with Gasteiger partial charge in [-0.25, -0.2) is 4.39 Å². The van der Waals surface area contributed by atoms with E-state index in [1.807, 2.05) is 25.9 Å². The Morgan fingerprint density at radius 2 is 2.20 bits per heavy atom. The molecule has 2 aromatic rings. The lowest BCUT2D eigenvalue weighted by Gasteiger charge is -2.17. The zero-order valence-corrected chi connectivity index (χ0v) is 12.6. The lowest BCUT2D eigenvalue weighted by Crippen LogP contribution is -2.39. The number of nitrogens with one attached hydrogen (secondary N) is 1. The Kier molecular flexibility index (Phi) is 4.25. The van der Waals surface area contributed by atoms with Crippen molar-refractivity contribution in [1.29, 1.82) is 0 Å². The van der Waals surface area contributed by atoms with Gasteiger partial charge in [-0.2, -0.15) is 0 Å². The fourth-order valence-corrected chi connectivity index (χ4v) is 3.15. The number of nitrogens with zero attached hydrogens (tertiary/aromatic N) is 1. The average molecular weight is 295 g/mol. The highest BCUT2D eigenvalue weighted by atomic mass is 32.1. The van der Waals surface area contributed by atoms with E-state index in [0.29, 0.717) is 16.0 Å². The monoisotopic (exact) mass is 295 g/mol. The van der Waals surface area contributed by atoms with Gasteiger partial charge in [0.05, 0.1) is 5.69 Å². The Bertz CT molecular complexity index is 639. The number of nitrogen functional groups attached to an aromatic ring is 1. The second kappa shape index (κ2) is 5.76. The fourth-order valence-electron chi connectivity index (χ4n) is 2.14. The highest BCUT2D eigenvalue weighted by Crippen LogP contribution is 2.33. The molecule has 20 heavy (non-hydrogen) atoms. The number of fused-ring (bicyclic) bond motifs is 1. The number of benzene rings is 1. The minimum Gasteiger partial charge on any atom is -0.397 e. The van der Waals surface area contributed by atoms with Crippen LogP contribution < -0.4 is 11.1 Å². The van der Waals surface area contributed by atoms with Crippen molar-refractivity contribution < 1.29 is 9.18 Å². The van der Waals surface area contributed by atoms with Gasteiger partial charge in [-0.05, 0) is 39.2 Å². The predicted molar refractivity (Wildman–Crippen MR) is 81.7 cm³/mol. The first-order valence-electron chi connectivity index (χ1n) is 6.31. The van der Waals surface area contributed by atoms with E-state index in [1.54, 1.807) is 6.07 Å². The summed E-state index contributed by atoms with van der Waals surface area (Å²) in [5, 5.41) is 3.50. The van der Waals surface area contributed by atoms with Crippen molar-refractivity contribution in [2.24, 2.45) is 0 Å². The molecule has 1 unspecified atom stereocenters. The molecule has 0 bridgehead atoms. The van der Waals surface area contributed by atoms with E-state index in [2.05, 4.69) is 5.32 Å². The number of carbonyl (C=O) groups is 1. The van der Waals surface area contributed by atoms with Crippen LogP contribution >= 0.6 is 11.3 Å². The number of likely N-dealkylation sites (N-methyl/N-ethyl adjacent to an activating group) is 1. The van der Waals surface area contributed by atoms with Crippen LogP contribution in [0.25, 0.3) is 10.1 Å². The Morgan fingerprint density at radius 1 is 1.50 bits per heavy atom. The maximum atomic E-state index is 13.2. The second-order valence-corrected chi connectivity index (χ2v) is 6.17. The van der Waals surface area contributed by atoms with Crippen LogP contribution in [0.5, 0.6) is 0 Å². The molecular formula is C14H18FN3OS. The Labute approximate surface area is 121 Å². The number of hydrogen-bond acceptors (Lipinski definition) is 4. The van der Waals surface area contributed by atoms with Gasteiger partial charge in [0.25, 0.3) is 5.91 Å². The highest BCUT2D eigenvalue weighted by molar-refractivity contribution is 7.21. The predicted octanol–water partition coefficient (Wildman–Crippen LogP) is 2.30. The van der Waals surface area contributed by atoms with Crippen molar-refractivity contribution in [2.45, 2.75) is 13.0 Å². The molecule has 3 N–H and O–H groups in total. The van der Waals surface area contributed by atoms with Crippen molar-refractivity contribution in [3.8, 4) is 0 Å². The number of amides is 1. The van der Waals surface area contributed by atoms with Crippen molar-refractivity contribution in [3.63, 3.8) is 0 Å². The molecule has 0 fully saturated rings. The van der Waals surface area contributed by atoms with Crippen LogP contribution in [-0.2, 0) is 0 Å². The normalized spacial score (nSPS) is 12.8. The molecule has 0 saturated carbocycles. The molecule has 0 radical (unpaired) electrons. The summed E-state index contributed by atoms with van der Waals surface area (Å²) in [6.07, 6.45) is 0. The summed E-state index contributed by atoms with van der Waals surface area (Å²) in [5.41, 5.74) is 6.30. The number of hydrogen-bond donors (Lipinski definition) is 2. The Balaban J connectivity index is 2.24. The molecule has 1 atom stereocenters. The largest absolute Gasteiger partial charge is 0.397 e. The third-order valence-electron chi connectivity index (χ3n) is 2.91. The fraction of sp³-hybridized carbons (Fsp3) is 0.357. The Hall–Kier alpha value is -1.66. The van der Waals surface area contributed by atoms with Crippen LogP contribution in [0.4, 0.5) is 10.1 Å². The SMILES string of the molecule is CC(CN(C)C)NC(=O)c1sc2ccc(F)cc2c1N. The smallest absolute Gasteiger partial charge is 0.263 e. The van der Waals surface area contributed by atoms with E-state index in [9.17, 15) is 9.18 Å². The maximum Gasteiger partial charge on any atom is 0.263 e. The van der Waals surface area contributed by atoms with Crippen molar-refractivity contribution in [2.75, 3.05) is 26.4 Å². The zero-order valence-electron chi connectivity index (χ0n) is 11.7. The third-order valence-corrected chi connectivity index (χ3v) is 4.10. The van der Waals surface area contributed by atoms with Gasteiger partial charge < -0.3 is 16.0 Å². The second-order valence-electron chi connectivity index (χ2n) is 5.12. The molecule has 4 nitrogen and oxygen atoms in total. The molecule has 0 aliphatic carbocycles. The topological polar surface area (TPSA) is 58.4 Å². The van der Waals surface area contributed by atoms with Gasteiger partial charge in [0.2, 0.25) is 0 Å². The van der Waals surface area contributed by atoms with Crippen molar-refractivity contribution in [3.05, 3.63) is 28.9 Å². The quantitative estimate of drug-likeness (QED) is 0.910. The molecule has 1 heterocycles. The van der Waals surface area contributed by atoms with E-state index in [1.165, 1.54) is 23.5 Å². The molecule has 6 heteroatoms. The van der Waals surface area contributed by atoms with Crippen LogP contribution in [-0.4, -0.2) is 37.5 Å². The molecule has 0 saturated heterocycles. The minimum atomic E-state index is -0.352. The van der Waals surface area contributed by atoms with Gasteiger partial charge in [0.1, 0.15) is 10.7 Å². The molecule has 0 spiro atoms. The van der Waals surface area contributed by atoms with E-state index in [0.717, 1.165) is 11.2 Å². The first-order chi connectivity index (χ1) is 9.38. The molecule has 108 valence electrons. The van der Waals surface area contributed by atoms with Crippen LogP contribution in [0.1, 0.15) is 16.6 Å². The summed E-state index contributed by atoms with van der Waals surface area (Å²) in [7, 11) is 3.89. The molecule has 1 aromatic heterocycles. The van der Waals surface area contributed by atoms with Gasteiger partial charge in [-0.3, -0.25) is 4.79 Å². The molecule has 0 aliphatic rings. The van der Waals surface area contributed by atoms with Gasteiger partial charge in [-0.15, -0.1) is 11.3 Å². The lowest BCUT2D eigenvalue weighted by atomic mass is 10.2. The van der Waals surface area contributed by atoms with Crippen LogP contribution in [0.3, 0.4) is 0 Å². The van der Waals surface area contributed by atoms with Gasteiger partial charge in [0, 0.05) is 22.7 Å². The molecule has 0 aliphatic heterocycles. The minimum absolute atomic E-state index is 0.0128. The van der Waals surface area contributed by atoms with Crippen molar-refractivity contribution in [1.82, 2.24) is 10.2 Å². The summed E-state index contributed by atoms with van der Waals surface area (Å²) >= 11 is 1.28. The summed E-state index contributed by atoms with van der Waals surface area (Å²) in [4.78, 5) is 14.7. The zero-order chi connectivity index (χ0) is 14.9. The number of carbonyl (C=O) groups excluding carboxylic acids is 1. The maximum absolute atomic E-state index is 13.2. The third kappa shape index (κ3) is 3.08. The van der Waals surface area contributed by atoms with E-state index in [-0.39, 0.29) is 17.8 Å². The molecule has 1 aromatic carbocycles. The molecule has 1 amide bonds. The van der Waals surface area contributed by atoms with Crippen LogP contribution in [0.15, 0.2) is 18.2 Å². The summed E-state index contributed by atoms with van der Waals surface area (Å²) in [5.74, 6) is -0.562. The van der Waals surface area contributed by atoms with E-state index in [4.69, 9.17) is 5.73 Å². The van der Waals surface area contributed by atoms with Gasteiger partial charge in [0.15, 0.2) is 0 Å². The number of nitrogens with two attached hydrogens (primary N) is 1. The number of rotatable bonds is 4. The van der Waals surface area contributed by atoms with Crippen LogP contribution in [0.2, 0.25) is 0 Å². The number of thiophene rings is 1. The standard InChI is InChI=1S/C14H18FN3OS/c1-8(7-18(2)3)17-14(19)13-12(16)10-6-9(15)4-5-11(10)20-13/h4-6,8H,7,16H2,1-3H3,(H,17,19). The first-order valence-corrected chi connectivity index (χ1v) is 7.13. The lowest BCUT2D eigenvalue weighted by molar-refractivity contribution is 0.0939. The van der Waals surface area contributed by atoms with E-state index < -0.39 is 0 Å². The summed E-state index contributed by atoms with van der Waals surface area (Å²) in [6, 6.07) is 4.39. The van der Waals surface area contributed by atoms with Crippen molar-refractivity contribution >= 4 is 33.0 Å². The summed E-state index contributed by atoms with van der Waals surface area (Å²) < 4.78 is 14.0. The van der Waals surface area contributed by atoms with Gasteiger partial charge in [-0.1, -0.05) is 0 Å². The summed E-state index contributed by atoms with van der Waals surface area (Å²) in [6.45, 7) is 2.67. The molecule has 2 rings (SSSR count).